The molecule has 206 valence electrons. The van der Waals surface area contributed by atoms with Gasteiger partial charge in [0.25, 0.3) is 5.91 Å². The van der Waals surface area contributed by atoms with Crippen molar-refractivity contribution in [3.05, 3.63) is 94.0 Å². The van der Waals surface area contributed by atoms with Gasteiger partial charge in [0.05, 0.1) is 13.7 Å². The zero-order valence-corrected chi connectivity index (χ0v) is 24.1. The van der Waals surface area contributed by atoms with E-state index in [1.807, 2.05) is 72.8 Å². The first-order chi connectivity index (χ1) is 18.9. The Bertz CT molecular complexity index is 1290. The monoisotopic (exact) mass is 594 g/mol. The van der Waals surface area contributed by atoms with Crippen LogP contribution in [0.15, 0.2) is 82.3 Å². The molecular formula is C31H35BrN2O5. The number of benzene rings is 3. The molecular weight excluding hydrogens is 560 g/mol. The Morgan fingerprint density at radius 1 is 1.10 bits per heavy atom. The highest BCUT2D eigenvalue weighted by atomic mass is 79.9. The number of rotatable bonds is 12. The zero-order chi connectivity index (χ0) is 27.8. The van der Waals surface area contributed by atoms with Crippen LogP contribution in [0.25, 0.3) is 0 Å². The summed E-state index contributed by atoms with van der Waals surface area (Å²) in [6.45, 7) is 5.14. The van der Waals surface area contributed by atoms with E-state index >= 15 is 0 Å². The van der Waals surface area contributed by atoms with Crippen LogP contribution in [0.1, 0.15) is 43.1 Å². The summed E-state index contributed by atoms with van der Waals surface area (Å²) in [5, 5.41) is 12.1. The average Bonchev–Trinajstić information content (AvgIpc) is 3.34. The maximum Gasteiger partial charge on any atom is 0.252 e. The number of aliphatic hydroxyl groups excluding tert-OH is 1. The fourth-order valence-electron chi connectivity index (χ4n) is 4.47. The summed E-state index contributed by atoms with van der Waals surface area (Å²) in [6, 6.07) is 22.9. The van der Waals surface area contributed by atoms with Crippen molar-refractivity contribution in [1.82, 2.24) is 5.32 Å². The molecule has 3 aromatic carbocycles. The van der Waals surface area contributed by atoms with Gasteiger partial charge in [0.2, 0.25) is 5.90 Å². The molecule has 7 nitrogen and oxygen atoms in total. The number of amides is 1. The Kier molecular flexibility index (Phi) is 9.64. The van der Waals surface area contributed by atoms with Gasteiger partial charge in [-0.15, -0.1) is 0 Å². The van der Waals surface area contributed by atoms with Crippen molar-refractivity contribution >= 4 is 27.7 Å². The number of ether oxygens (including phenoxy) is 3. The van der Waals surface area contributed by atoms with Crippen molar-refractivity contribution < 1.29 is 24.1 Å². The molecule has 1 heterocycles. The van der Waals surface area contributed by atoms with Crippen LogP contribution < -0.4 is 14.8 Å². The van der Waals surface area contributed by atoms with Gasteiger partial charge < -0.3 is 24.6 Å². The van der Waals surface area contributed by atoms with Crippen LogP contribution in [0.4, 0.5) is 0 Å². The molecule has 0 aliphatic carbocycles. The molecule has 39 heavy (non-hydrogen) atoms. The number of hydrogen-bond donors (Lipinski definition) is 2. The predicted octanol–water partition coefficient (Wildman–Crippen LogP) is 5.49. The number of hydrogen-bond acceptors (Lipinski definition) is 6. The van der Waals surface area contributed by atoms with Crippen molar-refractivity contribution in [3.8, 4) is 11.5 Å². The summed E-state index contributed by atoms with van der Waals surface area (Å²) in [4.78, 5) is 19.2. The fraction of sp³-hybridized carbons (Fsp3) is 0.355. The molecule has 4 rings (SSSR count). The van der Waals surface area contributed by atoms with Crippen LogP contribution in [-0.4, -0.2) is 49.3 Å². The second-order valence-corrected chi connectivity index (χ2v) is 10.8. The molecule has 1 amide bonds. The summed E-state index contributed by atoms with van der Waals surface area (Å²) in [7, 11) is 1.62. The molecule has 0 unspecified atom stereocenters. The summed E-state index contributed by atoms with van der Waals surface area (Å²) in [5.74, 6) is 1.82. The standard InChI is InChI=1S/C31H35BrN2O5/c1-21(2)20-33-30(36)31(19-24-8-4-5-11-27(24)32)28(23-9-6-10-26(18-23)37-3)39-29(34-31)22-12-14-25(15-13-22)38-17-7-16-35/h4-6,8-15,18,21,28,35H,7,16-17,19-20H2,1-3H3,(H,33,36)/t28-,31-/m1/s1. The van der Waals surface area contributed by atoms with Crippen LogP contribution in [0.3, 0.4) is 0 Å². The smallest absolute Gasteiger partial charge is 0.252 e. The van der Waals surface area contributed by atoms with Crippen molar-refractivity contribution in [2.24, 2.45) is 10.9 Å². The third-order valence-corrected chi connectivity index (χ3v) is 7.29. The van der Waals surface area contributed by atoms with Gasteiger partial charge in [0.1, 0.15) is 11.5 Å². The van der Waals surface area contributed by atoms with E-state index in [1.165, 1.54) is 0 Å². The van der Waals surface area contributed by atoms with Crippen LogP contribution in [0.2, 0.25) is 0 Å². The topological polar surface area (TPSA) is 89.4 Å². The van der Waals surface area contributed by atoms with Crippen LogP contribution in [0, 0.1) is 5.92 Å². The highest BCUT2D eigenvalue weighted by molar-refractivity contribution is 9.10. The van der Waals surface area contributed by atoms with Crippen molar-refractivity contribution in [1.29, 1.82) is 0 Å². The minimum Gasteiger partial charge on any atom is -0.497 e. The van der Waals surface area contributed by atoms with Crippen LogP contribution in [0.5, 0.6) is 11.5 Å². The third-order valence-electron chi connectivity index (χ3n) is 6.52. The summed E-state index contributed by atoms with van der Waals surface area (Å²) in [6.07, 6.45) is 0.192. The summed E-state index contributed by atoms with van der Waals surface area (Å²) < 4.78 is 18.6. The number of nitrogens with zero attached hydrogens (tertiary/aromatic N) is 1. The maximum atomic E-state index is 14.1. The van der Waals surface area contributed by atoms with Gasteiger partial charge in [0, 0.05) is 36.0 Å². The quantitative estimate of drug-likeness (QED) is 0.271. The lowest BCUT2D eigenvalue weighted by Crippen LogP contribution is -2.50. The highest BCUT2D eigenvalue weighted by Crippen LogP contribution is 2.44. The van der Waals surface area contributed by atoms with E-state index in [2.05, 4.69) is 35.1 Å². The van der Waals surface area contributed by atoms with Gasteiger partial charge >= 0.3 is 0 Å². The lowest BCUT2D eigenvalue weighted by Gasteiger charge is -2.31. The second-order valence-electron chi connectivity index (χ2n) is 9.94. The third kappa shape index (κ3) is 6.81. The number of aliphatic hydroxyl groups is 1. The Morgan fingerprint density at radius 3 is 2.56 bits per heavy atom. The van der Waals surface area contributed by atoms with Gasteiger partial charge in [-0.25, -0.2) is 4.99 Å². The first-order valence-electron chi connectivity index (χ1n) is 13.1. The number of halogens is 1. The normalized spacial score (nSPS) is 18.4. The number of nitrogens with one attached hydrogen (secondary N) is 1. The molecule has 1 aliphatic heterocycles. The molecule has 0 saturated carbocycles. The van der Waals surface area contributed by atoms with Crippen molar-refractivity contribution in [3.63, 3.8) is 0 Å². The maximum absolute atomic E-state index is 14.1. The highest BCUT2D eigenvalue weighted by Gasteiger charge is 2.53. The Labute approximate surface area is 238 Å². The number of aliphatic imine (C=N–C) groups is 1. The van der Waals surface area contributed by atoms with Gasteiger partial charge in [-0.1, -0.05) is 60.1 Å². The van der Waals surface area contributed by atoms with Gasteiger partial charge in [0.15, 0.2) is 11.6 Å². The van der Waals surface area contributed by atoms with E-state index in [1.54, 1.807) is 7.11 Å². The minimum absolute atomic E-state index is 0.0763. The first-order valence-corrected chi connectivity index (χ1v) is 13.9. The number of carbonyl (C=O) groups excluding carboxylic acids is 1. The van der Waals surface area contributed by atoms with E-state index in [0.717, 1.165) is 21.2 Å². The fourth-order valence-corrected chi connectivity index (χ4v) is 4.89. The number of methoxy groups -OCH3 is 1. The summed E-state index contributed by atoms with van der Waals surface area (Å²) >= 11 is 3.66. The molecule has 0 aromatic heterocycles. The van der Waals surface area contributed by atoms with Crippen molar-refractivity contribution in [2.45, 2.75) is 38.3 Å². The largest absolute Gasteiger partial charge is 0.497 e. The Hall–Kier alpha value is -3.36. The number of carbonyl (C=O) groups is 1. The molecule has 8 heteroatoms. The predicted molar refractivity (Wildman–Crippen MR) is 155 cm³/mol. The molecule has 1 aliphatic rings. The van der Waals surface area contributed by atoms with Gasteiger partial charge in [-0.2, -0.15) is 0 Å². The average molecular weight is 596 g/mol. The molecule has 0 fully saturated rings. The van der Waals surface area contributed by atoms with E-state index in [0.29, 0.717) is 43.4 Å². The van der Waals surface area contributed by atoms with E-state index in [4.69, 9.17) is 24.3 Å². The lowest BCUT2D eigenvalue weighted by atomic mass is 9.81. The van der Waals surface area contributed by atoms with E-state index < -0.39 is 11.6 Å². The summed E-state index contributed by atoms with van der Waals surface area (Å²) in [5.41, 5.74) is 1.22. The Balaban J connectivity index is 1.80. The molecule has 3 aromatic rings. The van der Waals surface area contributed by atoms with Crippen LogP contribution >= 0.6 is 15.9 Å². The van der Waals surface area contributed by atoms with Crippen LogP contribution in [-0.2, 0) is 16.0 Å². The first kappa shape index (κ1) is 28.6. The lowest BCUT2D eigenvalue weighted by molar-refractivity contribution is -0.129. The SMILES string of the molecule is COc1cccc([C@H]2OC(c3ccc(OCCCO)cc3)=N[C@@]2(Cc2ccccc2Br)C(=O)NCC(C)C)c1. The van der Waals surface area contributed by atoms with E-state index in [-0.39, 0.29) is 18.4 Å². The molecule has 0 bridgehead atoms. The zero-order valence-electron chi connectivity index (χ0n) is 22.5. The molecule has 0 radical (unpaired) electrons. The van der Waals surface area contributed by atoms with E-state index in [9.17, 15) is 4.79 Å². The molecule has 0 spiro atoms. The molecule has 2 N–H and O–H groups in total. The molecule has 2 atom stereocenters. The van der Waals surface area contributed by atoms with Gasteiger partial charge in [-0.05, 0) is 59.5 Å². The molecule has 0 saturated heterocycles. The van der Waals surface area contributed by atoms with Crippen molar-refractivity contribution in [2.75, 3.05) is 26.9 Å². The Morgan fingerprint density at radius 2 is 1.87 bits per heavy atom. The second kappa shape index (κ2) is 13.1. The minimum atomic E-state index is -1.27. The van der Waals surface area contributed by atoms with Gasteiger partial charge in [-0.3, -0.25) is 4.79 Å².